The Morgan fingerprint density at radius 3 is 2.71 bits per heavy atom. The summed E-state index contributed by atoms with van der Waals surface area (Å²) in [5.74, 6) is 0.463. The van der Waals surface area contributed by atoms with Gasteiger partial charge in [0.2, 0.25) is 5.03 Å². The highest BCUT2D eigenvalue weighted by Gasteiger charge is 2.35. The second-order valence-electron chi connectivity index (χ2n) is 4.24. The van der Waals surface area contributed by atoms with E-state index in [0.29, 0.717) is 19.0 Å². The van der Waals surface area contributed by atoms with E-state index in [1.54, 1.807) is 7.05 Å². The van der Waals surface area contributed by atoms with Crippen LogP contribution in [0.5, 0.6) is 0 Å². The largest absolute Gasteiger partial charge is 0.263 e. The fraction of sp³-hybridized carbons (Fsp3) is 0.778. The highest BCUT2D eigenvalue weighted by molar-refractivity contribution is 9.10. The highest BCUT2D eigenvalue weighted by atomic mass is 79.9. The summed E-state index contributed by atoms with van der Waals surface area (Å²) in [7, 11) is -1.89. The molecule has 2 rings (SSSR count). The summed E-state index contributed by atoms with van der Waals surface area (Å²) >= 11 is 3.13. The normalized spacial score (nSPS) is 22.2. The maximum Gasteiger partial charge on any atom is 0.263 e. The smallest absolute Gasteiger partial charge is 0.235 e. The molecule has 2 heterocycles. The van der Waals surface area contributed by atoms with Gasteiger partial charge in [-0.3, -0.25) is 0 Å². The van der Waals surface area contributed by atoms with Crippen molar-refractivity contribution < 1.29 is 8.42 Å². The molecule has 1 aromatic rings. The van der Waals surface area contributed by atoms with E-state index in [9.17, 15) is 8.42 Å². The molecule has 0 bridgehead atoms. The molecule has 1 saturated heterocycles. The van der Waals surface area contributed by atoms with Gasteiger partial charge in [0.1, 0.15) is 0 Å². The molecule has 6 nitrogen and oxygen atoms in total. The number of aryl methyl sites for hydroxylation is 1. The molecule has 96 valence electrons. The molecular weight excluding hydrogens is 308 g/mol. The summed E-state index contributed by atoms with van der Waals surface area (Å²) in [4.78, 5) is 0. The van der Waals surface area contributed by atoms with Crippen LogP contribution >= 0.6 is 15.9 Å². The number of hydrogen-bond acceptors (Lipinski definition) is 4. The van der Waals surface area contributed by atoms with Crippen molar-refractivity contribution in [2.24, 2.45) is 13.0 Å². The summed E-state index contributed by atoms with van der Waals surface area (Å²) < 4.78 is 27.9. The van der Waals surface area contributed by atoms with Gasteiger partial charge in [-0.1, -0.05) is 18.6 Å². The molecule has 0 N–H and O–H groups in total. The third-order valence-electron chi connectivity index (χ3n) is 3.15. The molecule has 0 aromatic carbocycles. The maximum absolute atomic E-state index is 12.4. The third kappa shape index (κ3) is 2.25. The first-order valence-corrected chi connectivity index (χ1v) is 7.75. The molecule has 0 aliphatic carbocycles. The van der Waals surface area contributed by atoms with Crippen LogP contribution < -0.4 is 0 Å². The fourth-order valence-electron chi connectivity index (χ4n) is 2.07. The monoisotopic (exact) mass is 322 g/mol. The minimum atomic E-state index is -3.48. The molecule has 8 heteroatoms. The van der Waals surface area contributed by atoms with Crippen molar-refractivity contribution in [2.45, 2.75) is 24.8 Å². The molecule has 1 aliphatic rings. The van der Waals surface area contributed by atoms with Crippen LogP contribution in [-0.4, -0.2) is 40.8 Å². The lowest BCUT2D eigenvalue weighted by molar-refractivity contribution is 0.445. The SMILES string of the molecule is CCC1CCN(S(=O)(=O)c2c(Br)nnn2C)C1. The van der Waals surface area contributed by atoms with Crippen molar-refractivity contribution in [1.82, 2.24) is 19.3 Å². The Kier molecular flexibility index (Phi) is 3.55. The van der Waals surface area contributed by atoms with E-state index in [0.717, 1.165) is 12.8 Å². The molecule has 1 aromatic heterocycles. The second kappa shape index (κ2) is 4.66. The molecule has 0 saturated carbocycles. The number of rotatable bonds is 3. The first-order chi connectivity index (χ1) is 7.96. The van der Waals surface area contributed by atoms with Crippen LogP contribution in [0.1, 0.15) is 19.8 Å². The van der Waals surface area contributed by atoms with E-state index < -0.39 is 10.0 Å². The van der Waals surface area contributed by atoms with Crippen LogP contribution in [0.15, 0.2) is 9.63 Å². The lowest BCUT2D eigenvalue weighted by Gasteiger charge is -2.15. The third-order valence-corrected chi connectivity index (χ3v) is 5.90. The summed E-state index contributed by atoms with van der Waals surface area (Å²) in [6.45, 7) is 3.26. The van der Waals surface area contributed by atoms with Gasteiger partial charge in [0.25, 0.3) is 10.0 Å². The average molecular weight is 323 g/mol. The molecule has 0 spiro atoms. The average Bonchev–Trinajstić information content (AvgIpc) is 2.85. The van der Waals surface area contributed by atoms with E-state index in [1.165, 1.54) is 8.99 Å². The Morgan fingerprint density at radius 2 is 2.24 bits per heavy atom. The molecule has 1 unspecified atom stereocenters. The van der Waals surface area contributed by atoms with Crippen LogP contribution in [-0.2, 0) is 17.1 Å². The number of sulfonamides is 1. The lowest BCUT2D eigenvalue weighted by Crippen LogP contribution is -2.30. The molecule has 1 atom stereocenters. The van der Waals surface area contributed by atoms with Gasteiger partial charge in [-0.2, -0.15) is 4.31 Å². The standard InChI is InChI=1S/C9H15BrN4O2S/c1-3-7-4-5-14(6-7)17(15,16)9-8(10)11-12-13(9)2/h7H,3-6H2,1-2H3. The van der Waals surface area contributed by atoms with Crippen LogP contribution in [0.4, 0.5) is 0 Å². The molecule has 0 radical (unpaired) electrons. The Bertz CT molecular complexity index is 494. The number of aromatic nitrogens is 3. The minimum absolute atomic E-state index is 0.134. The Balaban J connectivity index is 2.32. The number of halogens is 1. The maximum atomic E-state index is 12.4. The summed E-state index contributed by atoms with van der Waals surface area (Å²) in [5, 5.41) is 7.56. The van der Waals surface area contributed by atoms with E-state index in [1.807, 2.05) is 0 Å². The highest BCUT2D eigenvalue weighted by Crippen LogP contribution is 2.28. The summed E-state index contributed by atoms with van der Waals surface area (Å²) in [6, 6.07) is 0. The molecule has 0 amide bonds. The minimum Gasteiger partial charge on any atom is -0.235 e. The zero-order chi connectivity index (χ0) is 12.6. The molecule has 1 aliphatic heterocycles. The van der Waals surface area contributed by atoms with Crippen molar-refractivity contribution in [1.29, 1.82) is 0 Å². The van der Waals surface area contributed by atoms with Gasteiger partial charge in [0, 0.05) is 20.1 Å². The first-order valence-electron chi connectivity index (χ1n) is 5.52. The predicted octanol–water partition coefficient (Wildman–Crippen LogP) is 0.998. The summed E-state index contributed by atoms with van der Waals surface area (Å²) in [6.07, 6.45) is 1.94. The van der Waals surface area contributed by atoms with Crippen molar-refractivity contribution in [2.75, 3.05) is 13.1 Å². The van der Waals surface area contributed by atoms with Crippen molar-refractivity contribution in [3.63, 3.8) is 0 Å². The second-order valence-corrected chi connectivity index (χ2v) is 6.84. The fourth-order valence-corrected chi connectivity index (χ4v) is 4.63. The predicted molar refractivity (Wildman–Crippen MR) is 65.9 cm³/mol. The Morgan fingerprint density at radius 1 is 1.53 bits per heavy atom. The van der Waals surface area contributed by atoms with Gasteiger partial charge in [-0.15, -0.1) is 5.10 Å². The van der Waals surface area contributed by atoms with Crippen molar-refractivity contribution in [3.8, 4) is 0 Å². The summed E-state index contributed by atoms with van der Waals surface area (Å²) in [5.41, 5.74) is 0. The van der Waals surface area contributed by atoms with Crippen LogP contribution in [0.3, 0.4) is 0 Å². The van der Waals surface area contributed by atoms with Crippen LogP contribution in [0.25, 0.3) is 0 Å². The first kappa shape index (κ1) is 13.0. The zero-order valence-electron chi connectivity index (χ0n) is 9.80. The zero-order valence-corrected chi connectivity index (χ0v) is 12.2. The van der Waals surface area contributed by atoms with E-state index in [2.05, 4.69) is 33.2 Å². The van der Waals surface area contributed by atoms with Gasteiger partial charge in [0.15, 0.2) is 4.60 Å². The van der Waals surface area contributed by atoms with Crippen LogP contribution in [0, 0.1) is 5.92 Å². The van der Waals surface area contributed by atoms with Gasteiger partial charge in [-0.25, -0.2) is 13.1 Å². The number of nitrogens with zero attached hydrogens (tertiary/aromatic N) is 4. The topological polar surface area (TPSA) is 68.1 Å². The number of hydrogen-bond donors (Lipinski definition) is 0. The van der Waals surface area contributed by atoms with Gasteiger partial charge >= 0.3 is 0 Å². The quantitative estimate of drug-likeness (QED) is 0.832. The molecular formula is C9H15BrN4O2S. The van der Waals surface area contributed by atoms with Crippen molar-refractivity contribution >= 4 is 26.0 Å². The lowest BCUT2D eigenvalue weighted by atomic mass is 10.1. The van der Waals surface area contributed by atoms with E-state index in [4.69, 9.17) is 0 Å². The Labute approximate surface area is 109 Å². The van der Waals surface area contributed by atoms with Crippen molar-refractivity contribution in [3.05, 3.63) is 4.60 Å². The van der Waals surface area contributed by atoms with Gasteiger partial charge in [-0.05, 0) is 28.3 Å². The van der Waals surface area contributed by atoms with E-state index >= 15 is 0 Å². The van der Waals surface area contributed by atoms with Crippen LogP contribution in [0.2, 0.25) is 0 Å². The van der Waals surface area contributed by atoms with Gasteiger partial charge in [0.05, 0.1) is 0 Å². The van der Waals surface area contributed by atoms with E-state index in [-0.39, 0.29) is 9.63 Å². The molecule has 17 heavy (non-hydrogen) atoms. The Hall–Kier alpha value is -0.470. The van der Waals surface area contributed by atoms with Gasteiger partial charge < -0.3 is 0 Å². The molecule has 1 fully saturated rings.